The van der Waals surface area contributed by atoms with Gasteiger partial charge in [0.15, 0.2) is 5.82 Å². The topological polar surface area (TPSA) is 82.3 Å². The Balaban J connectivity index is 2.02. The summed E-state index contributed by atoms with van der Waals surface area (Å²) in [5.74, 6) is 1.06. The third-order valence-electron chi connectivity index (χ3n) is 3.18. The van der Waals surface area contributed by atoms with Crippen LogP contribution >= 0.6 is 0 Å². The number of nitrogen functional groups attached to an aromatic ring is 1. The SMILES string of the molecule is CCCOc1ncnc(NC(C)C2CCCO2)c1N. The molecule has 0 spiro atoms. The van der Waals surface area contributed by atoms with Crippen molar-refractivity contribution in [2.45, 2.75) is 45.3 Å². The number of aromatic nitrogens is 2. The summed E-state index contributed by atoms with van der Waals surface area (Å²) < 4.78 is 11.1. The minimum Gasteiger partial charge on any atom is -0.476 e. The van der Waals surface area contributed by atoms with Crippen LogP contribution in [0.2, 0.25) is 0 Å². The highest BCUT2D eigenvalue weighted by molar-refractivity contribution is 5.66. The molecule has 2 rings (SSSR count). The van der Waals surface area contributed by atoms with Crippen molar-refractivity contribution in [3.8, 4) is 5.88 Å². The van der Waals surface area contributed by atoms with Gasteiger partial charge in [0.25, 0.3) is 0 Å². The van der Waals surface area contributed by atoms with Gasteiger partial charge < -0.3 is 20.5 Å². The maximum absolute atomic E-state index is 6.02. The van der Waals surface area contributed by atoms with E-state index in [0.717, 1.165) is 25.9 Å². The summed E-state index contributed by atoms with van der Waals surface area (Å²) in [7, 11) is 0. The molecule has 2 unspecified atom stereocenters. The van der Waals surface area contributed by atoms with Crippen LogP contribution in [-0.2, 0) is 4.74 Å². The van der Waals surface area contributed by atoms with Crippen LogP contribution in [0.1, 0.15) is 33.1 Å². The molecule has 0 radical (unpaired) electrons. The van der Waals surface area contributed by atoms with Crippen LogP contribution in [0, 0.1) is 0 Å². The van der Waals surface area contributed by atoms with Crippen molar-refractivity contribution in [1.82, 2.24) is 9.97 Å². The molecule has 1 aromatic rings. The number of anilines is 2. The first-order valence-corrected chi connectivity index (χ1v) is 6.83. The van der Waals surface area contributed by atoms with Crippen molar-refractivity contribution >= 4 is 11.5 Å². The first kappa shape index (κ1) is 13.9. The van der Waals surface area contributed by atoms with Crippen LogP contribution in [0.15, 0.2) is 6.33 Å². The molecule has 6 nitrogen and oxygen atoms in total. The molecule has 0 aromatic carbocycles. The maximum Gasteiger partial charge on any atom is 0.242 e. The molecule has 1 aromatic heterocycles. The maximum atomic E-state index is 6.02. The fourth-order valence-electron chi connectivity index (χ4n) is 2.11. The lowest BCUT2D eigenvalue weighted by Crippen LogP contribution is -2.30. The second-order valence-corrected chi connectivity index (χ2v) is 4.77. The normalized spacial score (nSPS) is 20.2. The third-order valence-corrected chi connectivity index (χ3v) is 3.18. The van der Waals surface area contributed by atoms with E-state index in [0.29, 0.717) is 24.0 Å². The van der Waals surface area contributed by atoms with Crippen molar-refractivity contribution in [3.63, 3.8) is 0 Å². The highest BCUT2D eigenvalue weighted by Crippen LogP contribution is 2.26. The van der Waals surface area contributed by atoms with Gasteiger partial charge in [-0.2, -0.15) is 4.98 Å². The van der Waals surface area contributed by atoms with E-state index in [2.05, 4.69) is 22.2 Å². The standard InChI is InChI=1S/C13H22N4O2/c1-3-6-19-13-11(14)12(15-8-16-13)17-9(2)10-5-4-7-18-10/h8-10H,3-7,14H2,1-2H3,(H,15,16,17). The van der Waals surface area contributed by atoms with Crippen molar-refractivity contribution in [1.29, 1.82) is 0 Å². The Morgan fingerprint density at radius 1 is 1.58 bits per heavy atom. The summed E-state index contributed by atoms with van der Waals surface area (Å²) in [6, 6.07) is 0.165. The van der Waals surface area contributed by atoms with E-state index in [1.54, 1.807) is 0 Å². The second-order valence-electron chi connectivity index (χ2n) is 4.77. The van der Waals surface area contributed by atoms with Crippen LogP contribution in [0.25, 0.3) is 0 Å². The van der Waals surface area contributed by atoms with Crippen molar-refractivity contribution < 1.29 is 9.47 Å². The highest BCUT2D eigenvalue weighted by atomic mass is 16.5. The van der Waals surface area contributed by atoms with E-state index >= 15 is 0 Å². The Hall–Kier alpha value is -1.56. The van der Waals surface area contributed by atoms with Crippen LogP contribution in [-0.4, -0.2) is 35.3 Å². The van der Waals surface area contributed by atoms with E-state index < -0.39 is 0 Å². The van der Waals surface area contributed by atoms with Gasteiger partial charge in [-0.1, -0.05) is 6.92 Å². The molecule has 0 amide bonds. The summed E-state index contributed by atoms with van der Waals surface area (Å²) in [5, 5.41) is 3.29. The Morgan fingerprint density at radius 2 is 2.42 bits per heavy atom. The number of nitrogens with one attached hydrogen (secondary N) is 1. The largest absolute Gasteiger partial charge is 0.476 e. The lowest BCUT2D eigenvalue weighted by molar-refractivity contribution is 0.0996. The zero-order valence-electron chi connectivity index (χ0n) is 11.6. The minimum atomic E-state index is 0.165. The first-order valence-electron chi connectivity index (χ1n) is 6.83. The van der Waals surface area contributed by atoms with Gasteiger partial charge in [-0.25, -0.2) is 4.98 Å². The number of nitrogens with two attached hydrogens (primary N) is 1. The second kappa shape index (κ2) is 6.56. The molecule has 0 aliphatic carbocycles. The Kier molecular flexibility index (Phi) is 4.79. The van der Waals surface area contributed by atoms with Gasteiger partial charge in [-0.3, -0.25) is 0 Å². The number of nitrogens with zero attached hydrogens (tertiary/aromatic N) is 2. The predicted octanol–water partition coefficient (Wildman–Crippen LogP) is 1.83. The minimum absolute atomic E-state index is 0.165. The summed E-state index contributed by atoms with van der Waals surface area (Å²) >= 11 is 0. The third kappa shape index (κ3) is 3.47. The lowest BCUT2D eigenvalue weighted by Gasteiger charge is -2.21. The predicted molar refractivity (Wildman–Crippen MR) is 74.3 cm³/mol. The van der Waals surface area contributed by atoms with Crippen LogP contribution in [0.4, 0.5) is 11.5 Å². The molecular weight excluding hydrogens is 244 g/mol. The van der Waals surface area contributed by atoms with E-state index in [-0.39, 0.29) is 12.1 Å². The quantitative estimate of drug-likeness (QED) is 0.817. The zero-order valence-corrected chi connectivity index (χ0v) is 11.6. The fourth-order valence-corrected chi connectivity index (χ4v) is 2.11. The van der Waals surface area contributed by atoms with E-state index in [4.69, 9.17) is 15.2 Å². The van der Waals surface area contributed by atoms with Gasteiger partial charge in [0.2, 0.25) is 5.88 Å². The molecule has 6 heteroatoms. The van der Waals surface area contributed by atoms with E-state index in [9.17, 15) is 0 Å². The van der Waals surface area contributed by atoms with Crippen LogP contribution in [0.3, 0.4) is 0 Å². The van der Waals surface area contributed by atoms with Crippen LogP contribution in [0.5, 0.6) is 5.88 Å². The molecule has 2 atom stereocenters. The summed E-state index contributed by atoms with van der Waals surface area (Å²) in [4.78, 5) is 8.23. The number of hydrogen-bond acceptors (Lipinski definition) is 6. The Bertz CT molecular complexity index is 408. The molecule has 19 heavy (non-hydrogen) atoms. The van der Waals surface area contributed by atoms with E-state index in [1.165, 1.54) is 6.33 Å². The number of hydrogen-bond donors (Lipinski definition) is 2. The molecule has 0 bridgehead atoms. The fraction of sp³-hybridized carbons (Fsp3) is 0.692. The zero-order chi connectivity index (χ0) is 13.7. The van der Waals surface area contributed by atoms with Crippen LogP contribution < -0.4 is 15.8 Å². The molecule has 3 N–H and O–H groups in total. The van der Waals surface area contributed by atoms with Gasteiger partial charge in [-0.05, 0) is 26.2 Å². The molecule has 2 heterocycles. The molecule has 106 valence electrons. The van der Waals surface area contributed by atoms with Gasteiger partial charge in [0.1, 0.15) is 12.0 Å². The molecule has 1 aliphatic rings. The molecule has 1 aliphatic heterocycles. The highest BCUT2D eigenvalue weighted by Gasteiger charge is 2.23. The summed E-state index contributed by atoms with van der Waals surface area (Å²) in [5.41, 5.74) is 6.48. The molecule has 1 fully saturated rings. The molecule has 1 saturated heterocycles. The number of rotatable bonds is 6. The smallest absolute Gasteiger partial charge is 0.242 e. The average Bonchev–Trinajstić information content (AvgIpc) is 2.94. The first-order chi connectivity index (χ1) is 9.22. The lowest BCUT2D eigenvalue weighted by atomic mass is 10.1. The van der Waals surface area contributed by atoms with Gasteiger partial charge >= 0.3 is 0 Å². The van der Waals surface area contributed by atoms with Crippen molar-refractivity contribution in [2.24, 2.45) is 0 Å². The van der Waals surface area contributed by atoms with Gasteiger partial charge in [0.05, 0.1) is 18.8 Å². The van der Waals surface area contributed by atoms with Gasteiger partial charge in [-0.15, -0.1) is 0 Å². The summed E-state index contributed by atoms with van der Waals surface area (Å²) in [6.07, 6.45) is 4.78. The average molecular weight is 266 g/mol. The Labute approximate surface area is 113 Å². The summed E-state index contributed by atoms with van der Waals surface area (Å²) in [6.45, 7) is 5.54. The monoisotopic (exact) mass is 266 g/mol. The van der Waals surface area contributed by atoms with Crippen molar-refractivity contribution in [2.75, 3.05) is 24.3 Å². The Morgan fingerprint density at radius 3 is 3.11 bits per heavy atom. The van der Waals surface area contributed by atoms with Crippen molar-refractivity contribution in [3.05, 3.63) is 6.33 Å². The number of ether oxygens (including phenoxy) is 2. The molecule has 0 saturated carbocycles. The van der Waals surface area contributed by atoms with Gasteiger partial charge in [0, 0.05) is 6.61 Å². The van der Waals surface area contributed by atoms with E-state index in [1.807, 2.05) is 6.92 Å². The molecular formula is C13H22N4O2.